The number of benzene rings is 2. The van der Waals surface area contributed by atoms with Crippen LogP contribution >= 0.6 is 0 Å². The molecule has 0 bridgehead atoms. The Morgan fingerprint density at radius 3 is 2.25 bits per heavy atom. The number of hydrogen-bond donors (Lipinski definition) is 1. The molecule has 0 aromatic heterocycles. The molecule has 0 amide bonds. The second kappa shape index (κ2) is 6.14. The second-order valence-electron chi connectivity index (χ2n) is 4.46. The monoisotopic (exact) mass is 274 g/mol. The Hall–Kier alpha value is -2.43. The molecule has 2 aromatic carbocycles. The lowest BCUT2D eigenvalue weighted by Crippen LogP contribution is -2.09. The summed E-state index contributed by atoms with van der Waals surface area (Å²) in [5.41, 5.74) is 1.84. The predicted molar refractivity (Wildman–Crippen MR) is 76.2 cm³/mol. The largest absolute Gasteiger partial charge is 0.378 e. The number of non-ortho nitro benzene ring substituents is 1. The molecule has 0 spiro atoms. The van der Waals surface area contributed by atoms with Gasteiger partial charge in [0.2, 0.25) is 0 Å². The third-order valence-corrected chi connectivity index (χ3v) is 3.10. The summed E-state index contributed by atoms with van der Waals surface area (Å²) in [7, 11) is 0. The van der Waals surface area contributed by atoms with Crippen molar-refractivity contribution in [3.8, 4) is 0 Å². The molecule has 104 valence electrons. The van der Waals surface area contributed by atoms with Gasteiger partial charge in [-0.05, 0) is 36.2 Å². The van der Waals surface area contributed by atoms with Gasteiger partial charge in [-0.15, -0.1) is 0 Å². The summed E-state index contributed by atoms with van der Waals surface area (Å²) in [6.07, 6.45) is 0.822. The number of nitro groups is 1. The van der Waals surface area contributed by atoms with Crippen molar-refractivity contribution in [1.29, 1.82) is 0 Å². The molecule has 0 aliphatic rings. The van der Waals surface area contributed by atoms with Gasteiger partial charge in [0.15, 0.2) is 0 Å². The van der Waals surface area contributed by atoms with Crippen molar-refractivity contribution in [2.75, 3.05) is 5.32 Å². The van der Waals surface area contributed by atoms with Crippen LogP contribution in [0.5, 0.6) is 0 Å². The van der Waals surface area contributed by atoms with E-state index in [0.29, 0.717) is 0 Å². The first-order valence-electron chi connectivity index (χ1n) is 6.36. The van der Waals surface area contributed by atoms with Gasteiger partial charge in [-0.1, -0.05) is 19.1 Å². The predicted octanol–water partition coefficient (Wildman–Crippen LogP) is 4.30. The molecule has 0 radical (unpaired) electrons. The molecule has 1 N–H and O–H groups in total. The Bertz CT molecular complexity index is 582. The van der Waals surface area contributed by atoms with Gasteiger partial charge in [-0.25, -0.2) is 4.39 Å². The quantitative estimate of drug-likeness (QED) is 0.653. The molecule has 20 heavy (non-hydrogen) atoms. The van der Waals surface area contributed by atoms with Gasteiger partial charge in [-0.2, -0.15) is 0 Å². The van der Waals surface area contributed by atoms with E-state index in [-0.39, 0.29) is 17.5 Å². The second-order valence-corrected chi connectivity index (χ2v) is 4.46. The van der Waals surface area contributed by atoms with Crippen molar-refractivity contribution in [3.05, 3.63) is 70.0 Å². The van der Waals surface area contributed by atoms with E-state index in [1.807, 2.05) is 6.92 Å². The number of nitrogens with zero attached hydrogens (tertiary/aromatic N) is 1. The van der Waals surface area contributed by atoms with Gasteiger partial charge in [0.05, 0.1) is 11.0 Å². The highest BCUT2D eigenvalue weighted by atomic mass is 19.1. The van der Waals surface area contributed by atoms with Crippen LogP contribution in [0.3, 0.4) is 0 Å². The molecule has 5 heteroatoms. The summed E-state index contributed by atoms with van der Waals surface area (Å²) < 4.78 is 12.9. The van der Waals surface area contributed by atoms with Crippen LogP contribution in [-0.2, 0) is 0 Å². The zero-order valence-electron chi connectivity index (χ0n) is 11.0. The average molecular weight is 274 g/mol. The van der Waals surface area contributed by atoms with Crippen molar-refractivity contribution < 1.29 is 9.31 Å². The minimum absolute atomic E-state index is 0.0389. The molecule has 0 fully saturated rings. The summed E-state index contributed by atoms with van der Waals surface area (Å²) in [6.45, 7) is 2.02. The summed E-state index contributed by atoms with van der Waals surface area (Å²) in [5.74, 6) is -0.265. The van der Waals surface area contributed by atoms with Crippen LogP contribution in [0.15, 0.2) is 48.5 Å². The standard InChI is InChI=1S/C15H15FN2O2/c1-2-15(11-3-5-12(16)6-4-11)17-13-7-9-14(10-8-13)18(19)20/h3-10,15,17H,2H2,1H3. The molecular formula is C15H15FN2O2. The van der Waals surface area contributed by atoms with Gasteiger partial charge in [-0.3, -0.25) is 10.1 Å². The minimum atomic E-state index is -0.430. The lowest BCUT2D eigenvalue weighted by atomic mass is 10.0. The Labute approximate surface area is 116 Å². The van der Waals surface area contributed by atoms with Gasteiger partial charge in [0.1, 0.15) is 5.82 Å². The number of nitrogens with one attached hydrogen (secondary N) is 1. The van der Waals surface area contributed by atoms with E-state index < -0.39 is 4.92 Å². The first-order chi connectivity index (χ1) is 9.60. The molecule has 2 rings (SSSR count). The molecule has 1 unspecified atom stereocenters. The van der Waals surface area contributed by atoms with Crippen molar-refractivity contribution in [2.45, 2.75) is 19.4 Å². The van der Waals surface area contributed by atoms with Gasteiger partial charge >= 0.3 is 0 Å². The van der Waals surface area contributed by atoms with E-state index in [4.69, 9.17) is 0 Å². The number of halogens is 1. The zero-order valence-corrected chi connectivity index (χ0v) is 11.0. The fraction of sp³-hybridized carbons (Fsp3) is 0.200. The Morgan fingerprint density at radius 2 is 1.75 bits per heavy atom. The van der Waals surface area contributed by atoms with E-state index in [1.165, 1.54) is 24.3 Å². The normalized spacial score (nSPS) is 11.9. The molecule has 0 heterocycles. The minimum Gasteiger partial charge on any atom is -0.378 e. The van der Waals surface area contributed by atoms with E-state index in [9.17, 15) is 14.5 Å². The highest BCUT2D eigenvalue weighted by Crippen LogP contribution is 2.24. The van der Waals surface area contributed by atoms with Crippen molar-refractivity contribution in [3.63, 3.8) is 0 Å². The molecule has 0 aliphatic carbocycles. The lowest BCUT2D eigenvalue weighted by Gasteiger charge is -2.18. The van der Waals surface area contributed by atoms with Crippen LogP contribution in [0.2, 0.25) is 0 Å². The zero-order chi connectivity index (χ0) is 14.5. The maximum absolute atomic E-state index is 12.9. The number of nitro benzene ring substituents is 1. The summed E-state index contributed by atoms with van der Waals surface area (Å²) in [6, 6.07) is 12.6. The van der Waals surface area contributed by atoms with Gasteiger partial charge in [0, 0.05) is 17.8 Å². The van der Waals surface area contributed by atoms with Crippen molar-refractivity contribution in [2.24, 2.45) is 0 Å². The number of rotatable bonds is 5. The smallest absolute Gasteiger partial charge is 0.269 e. The van der Waals surface area contributed by atoms with E-state index >= 15 is 0 Å². The molecule has 4 nitrogen and oxygen atoms in total. The van der Waals surface area contributed by atoms with Crippen LogP contribution in [0.1, 0.15) is 24.9 Å². The van der Waals surface area contributed by atoms with E-state index in [2.05, 4.69) is 5.32 Å². The van der Waals surface area contributed by atoms with Crippen LogP contribution in [0, 0.1) is 15.9 Å². The van der Waals surface area contributed by atoms with Crippen LogP contribution in [0.25, 0.3) is 0 Å². The third kappa shape index (κ3) is 3.32. The molecule has 2 aromatic rings. The van der Waals surface area contributed by atoms with Gasteiger partial charge in [0.25, 0.3) is 5.69 Å². The first kappa shape index (κ1) is 14.0. The Balaban J connectivity index is 2.13. The van der Waals surface area contributed by atoms with E-state index in [1.54, 1.807) is 24.3 Å². The van der Waals surface area contributed by atoms with Crippen molar-refractivity contribution in [1.82, 2.24) is 0 Å². The lowest BCUT2D eigenvalue weighted by molar-refractivity contribution is -0.384. The highest BCUT2D eigenvalue weighted by molar-refractivity contribution is 5.50. The van der Waals surface area contributed by atoms with Crippen LogP contribution < -0.4 is 5.32 Å². The fourth-order valence-corrected chi connectivity index (χ4v) is 2.00. The maximum atomic E-state index is 12.9. The third-order valence-electron chi connectivity index (χ3n) is 3.10. The topological polar surface area (TPSA) is 55.2 Å². The van der Waals surface area contributed by atoms with Crippen LogP contribution in [0.4, 0.5) is 15.8 Å². The highest BCUT2D eigenvalue weighted by Gasteiger charge is 2.10. The van der Waals surface area contributed by atoms with Gasteiger partial charge < -0.3 is 5.32 Å². The molecule has 0 saturated heterocycles. The fourth-order valence-electron chi connectivity index (χ4n) is 2.00. The maximum Gasteiger partial charge on any atom is 0.269 e. The average Bonchev–Trinajstić information content (AvgIpc) is 2.46. The Kier molecular flexibility index (Phi) is 4.30. The number of anilines is 1. The molecule has 1 atom stereocenters. The first-order valence-corrected chi connectivity index (χ1v) is 6.36. The van der Waals surface area contributed by atoms with Crippen molar-refractivity contribution >= 4 is 11.4 Å². The molecular weight excluding hydrogens is 259 g/mol. The van der Waals surface area contributed by atoms with E-state index in [0.717, 1.165) is 17.7 Å². The summed E-state index contributed by atoms with van der Waals surface area (Å²) >= 11 is 0. The molecule has 0 aliphatic heterocycles. The Morgan fingerprint density at radius 1 is 1.15 bits per heavy atom. The molecule has 0 saturated carbocycles. The van der Waals surface area contributed by atoms with Crippen LogP contribution in [-0.4, -0.2) is 4.92 Å². The number of hydrogen-bond acceptors (Lipinski definition) is 3. The summed E-state index contributed by atoms with van der Waals surface area (Å²) in [4.78, 5) is 10.2. The SMILES string of the molecule is CCC(Nc1ccc([N+](=O)[O-])cc1)c1ccc(F)cc1. The summed E-state index contributed by atoms with van der Waals surface area (Å²) in [5, 5.41) is 13.9.